The van der Waals surface area contributed by atoms with E-state index in [9.17, 15) is 4.79 Å². The molecular weight excluding hydrogens is 324 g/mol. The fraction of sp³-hybridized carbons (Fsp3) is 0.625. The van der Waals surface area contributed by atoms with Crippen LogP contribution in [0.25, 0.3) is 0 Å². The third kappa shape index (κ3) is 3.81. The van der Waals surface area contributed by atoms with Crippen LogP contribution in [0.5, 0.6) is 0 Å². The van der Waals surface area contributed by atoms with Crippen molar-refractivity contribution in [1.82, 2.24) is 20.0 Å². The summed E-state index contributed by atoms with van der Waals surface area (Å²) >= 11 is 0. The fourth-order valence-electron chi connectivity index (χ4n) is 2.90. The first kappa shape index (κ1) is 16.1. The van der Waals surface area contributed by atoms with Crippen molar-refractivity contribution in [3.8, 4) is 0 Å². The molecule has 1 aliphatic carbocycles. The van der Waals surface area contributed by atoms with Crippen molar-refractivity contribution in [2.24, 2.45) is 7.05 Å². The minimum Gasteiger partial charge on any atom is -0.408 e. The Morgan fingerprint density at radius 3 is 3.04 bits per heavy atom. The Hall–Kier alpha value is -2.42. The van der Waals surface area contributed by atoms with E-state index in [1.165, 1.54) is 4.68 Å². The third-order valence-corrected chi connectivity index (χ3v) is 4.57. The Balaban J connectivity index is 1.28. The average molecular weight is 346 g/mol. The maximum atomic E-state index is 11.8. The monoisotopic (exact) mass is 346 g/mol. The minimum absolute atomic E-state index is 0.0798. The van der Waals surface area contributed by atoms with Gasteiger partial charge in [0.2, 0.25) is 5.89 Å². The third-order valence-electron chi connectivity index (χ3n) is 4.57. The van der Waals surface area contributed by atoms with Crippen LogP contribution in [0.3, 0.4) is 0 Å². The van der Waals surface area contributed by atoms with E-state index in [0.717, 1.165) is 43.9 Å². The number of aromatic nitrogens is 4. The molecule has 1 saturated heterocycles. The summed E-state index contributed by atoms with van der Waals surface area (Å²) in [5.41, 5.74) is 0.736. The summed E-state index contributed by atoms with van der Waals surface area (Å²) in [7, 11) is 1.64. The Bertz CT molecular complexity index is 784. The van der Waals surface area contributed by atoms with Gasteiger partial charge in [-0.05, 0) is 19.3 Å². The number of anilines is 2. The molecule has 2 fully saturated rings. The molecule has 2 aliphatic rings. The highest BCUT2D eigenvalue weighted by molar-refractivity contribution is 5.43. The molecule has 9 heteroatoms. The number of hydrogen-bond acceptors (Lipinski definition) is 8. The van der Waals surface area contributed by atoms with Gasteiger partial charge in [0.1, 0.15) is 0 Å². The number of rotatable bonds is 6. The Labute approximate surface area is 145 Å². The van der Waals surface area contributed by atoms with Gasteiger partial charge in [-0.2, -0.15) is 5.10 Å². The molecule has 134 valence electrons. The molecular formula is C16H22N6O3. The van der Waals surface area contributed by atoms with Gasteiger partial charge in [0.05, 0.1) is 24.6 Å². The van der Waals surface area contributed by atoms with Crippen LogP contribution in [0, 0.1) is 0 Å². The highest BCUT2D eigenvalue weighted by atomic mass is 16.5. The maximum absolute atomic E-state index is 11.8. The molecule has 0 spiro atoms. The van der Waals surface area contributed by atoms with E-state index in [1.54, 1.807) is 19.3 Å². The molecule has 3 heterocycles. The van der Waals surface area contributed by atoms with Gasteiger partial charge in [0.15, 0.2) is 0 Å². The van der Waals surface area contributed by atoms with E-state index in [0.29, 0.717) is 25.1 Å². The summed E-state index contributed by atoms with van der Waals surface area (Å²) in [6.45, 7) is 2.81. The molecule has 9 nitrogen and oxygen atoms in total. The largest absolute Gasteiger partial charge is 0.408 e. The summed E-state index contributed by atoms with van der Waals surface area (Å²) in [6, 6.07) is 2.09. The predicted octanol–water partition coefficient (Wildman–Crippen LogP) is 0.748. The quantitative estimate of drug-likeness (QED) is 0.818. The van der Waals surface area contributed by atoms with Crippen LogP contribution in [0.1, 0.15) is 31.1 Å². The molecule has 1 N–H and O–H groups in total. The van der Waals surface area contributed by atoms with Gasteiger partial charge in [-0.3, -0.25) is 4.79 Å². The molecule has 2 aromatic heterocycles. The number of hydrogen-bond donors (Lipinski definition) is 1. The first-order valence-electron chi connectivity index (χ1n) is 8.66. The van der Waals surface area contributed by atoms with Crippen LogP contribution in [-0.2, 0) is 11.8 Å². The zero-order valence-corrected chi connectivity index (χ0v) is 14.2. The van der Waals surface area contributed by atoms with Crippen molar-refractivity contribution >= 4 is 11.7 Å². The first-order chi connectivity index (χ1) is 12.2. The molecule has 0 radical (unpaired) electrons. The number of nitrogens with zero attached hydrogens (tertiary/aromatic N) is 5. The van der Waals surface area contributed by atoms with E-state index in [1.807, 2.05) is 0 Å². The summed E-state index contributed by atoms with van der Waals surface area (Å²) < 4.78 is 12.7. The van der Waals surface area contributed by atoms with E-state index in [4.69, 9.17) is 9.15 Å². The van der Waals surface area contributed by atoms with Crippen LogP contribution in [0.15, 0.2) is 21.5 Å². The number of ether oxygens (including phenoxy) is 1. The topological polar surface area (TPSA) is 98.3 Å². The SMILES string of the molecule is Cn1ncc(N2CCOC(CCNc3nnc(C4CC4)o3)C2)cc1=O. The van der Waals surface area contributed by atoms with Crippen LogP contribution in [0.2, 0.25) is 0 Å². The molecule has 1 atom stereocenters. The first-order valence-corrected chi connectivity index (χ1v) is 8.66. The Morgan fingerprint density at radius 2 is 2.24 bits per heavy atom. The van der Waals surface area contributed by atoms with Gasteiger partial charge in [-0.1, -0.05) is 5.10 Å². The highest BCUT2D eigenvalue weighted by Crippen LogP contribution is 2.39. The van der Waals surface area contributed by atoms with Gasteiger partial charge >= 0.3 is 6.01 Å². The summed E-state index contributed by atoms with van der Waals surface area (Å²) in [5, 5.41) is 15.3. The van der Waals surface area contributed by atoms with Crippen molar-refractivity contribution < 1.29 is 9.15 Å². The molecule has 25 heavy (non-hydrogen) atoms. The van der Waals surface area contributed by atoms with E-state index in [2.05, 4.69) is 25.5 Å². The molecule has 4 rings (SSSR count). The lowest BCUT2D eigenvalue weighted by Gasteiger charge is -2.34. The number of morpholine rings is 1. The second-order valence-corrected chi connectivity index (χ2v) is 6.55. The zero-order chi connectivity index (χ0) is 17.2. The van der Waals surface area contributed by atoms with Crippen molar-refractivity contribution in [2.45, 2.75) is 31.3 Å². The standard InChI is InChI=1S/C16H22N6O3/c1-21-14(23)8-12(9-18-21)22-6-7-24-13(10-22)4-5-17-16-20-19-15(25-16)11-2-3-11/h8-9,11,13H,2-7,10H2,1H3,(H,17,20). The van der Waals surface area contributed by atoms with Crippen LogP contribution in [-0.4, -0.2) is 52.3 Å². The van der Waals surface area contributed by atoms with E-state index < -0.39 is 0 Å². The summed E-state index contributed by atoms with van der Waals surface area (Å²) in [6.07, 6.45) is 4.90. The van der Waals surface area contributed by atoms with Crippen molar-refractivity contribution in [3.63, 3.8) is 0 Å². The van der Waals surface area contributed by atoms with Crippen molar-refractivity contribution in [2.75, 3.05) is 36.5 Å². The lowest BCUT2D eigenvalue weighted by atomic mass is 10.2. The maximum Gasteiger partial charge on any atom is 0.315 e. The fourth-order valence-corrected chi connectivity index (χ4v) is 2.90. The predicted molar refractivity (Wildman–Crippen MR) is 90.8 cm³/mol. The second kappa shape index (κ2) is 6.83. The summed E-state index contributed by atoms with van der Waals surface area (Å²) in [5.74, 6) is 1.20. The minimum atomic E-state index is -0.106. The van der Waals surface area contributed by atoms with Crippen LogP contribution < -0.4 is 15.8 Å². The molecule has 0 bridgehead atoms. The van der Waals surface area contributed by atoms with Gasteiger partial charge in [0.25, 0.3) is 5.56 Å². The molecule has 1 aliphatic heterocycles. The van der Waals surface area contributed by atoms with Crippen LogP contribution in [0.4, 0.5) is 11.7 Å². The Kier molecular flexibility index (Phi) is 4.39. The second-order valence-electron chi connectivity index (χ2n) is 6.55. The van der Waals surface area contributed by atoms with E-state index >= 15 is 0 Å². The molecule has 1 unspecified atom stereocenters. The van der Waals surface area contributed by atoms with Crippen molar-refractivity contribution in [1.29, 1.82) is 0 Å². The smallest absolute Gasteiger partial charge is 0.315 e. The molecule has 0 amide bonds. The van der Waals surface area contributed by atoms with Crippen LogP contribution >= 0.6 is 0 Å². The van der Waals surface area contributed by atoms with Gasteiger partial charge in [-0.25, -0.2) is 4.68 Å². The lowest BCUT2D eigenvalue weighted by Crippen LogP contribution is -2.43. The number of aryl methyl sites for hydroxylation is 1. The van der Waals surface area contributed by atoms with Crippen molar-refractivity contribution in [3.05, 3.63) is 28.5 Å². The zero-order valence-electron chi connectivity index (χ0n) is 14.2. The number of nitrogens with one attached hydrogen (secondary N) is 1. The summed E-state index contributed by atoms with van der Waals surface area (Å²) in [4.78, 5) is 13.9. The lowest BCUT2D eigenvalue weighted by molar-refractivity contribution is 0.0374. The van der Waals surface area contributed by atoms with Gasteiger partial charge in [-0.15, -0.1) is 5.10 Å². The van der Waals surface area contributed by atoms with Gasteiger partial charge < -0.3 is 19.4 Å². The molecule has 0 aromatic carbocycles. The normalized spacial score (nSPS) is 20.7. The van der Waals surface area contributed by atoms with Gasteiger partial charge in [0, 0.05) is 38.7 Å². The molecule has 2 aromatic rings. The highest BCUT2D eigenvalue weighted by Gasteiger charge is 2.29. The molecule has 1 saturated carbocycles. The Morgan fingerprint density at radius 1 is 1.36 bits per heavy atom. The van der Waals surface area contributed by atoms with E-state index in [-0.39, 0.29) is 11.7 Å². The average Bonchev–Trinajstić information content (AvgIpc) is 3.37.